The van der Waals surface area contributed by atoms with E-state index < -0.39 is 20.3 Å². The zero-order valence-electron chi connectivity index (χ0n) is 21.2. The van der Waals surface area contributed by atoms with Crippen molar-refractivity contribution in [2.24, 2.45) is 0 Å². The average molecular weight is 467 g/mol. The molecule has 0 fully saturated rings. The molecule has 3 rings (SSSR count). The van der Waals surface area contributed by atoms with Crippen molar-refractivity contribution in [3.05, 3.63) is 65.2 Å². The van der Waals surface area contributed by atoms with Crippen LogP contribution in [0.25, 0.3) is 6.08 Å². The molecule has 4 nitrogen and oxygen atoms in total. The van der Waals surface area contributed by atoms with Gasteiger partial charge in [-0.2, -0.15) is 0 Å². The summed E-state index contributed by atoms with van der Waals surface area (Å²) in [6.45, 7) is 15.7. The molecule has 0 bridgehead atoms. The van der Waals surface area contributed by atoms with Crippen LogP contribution in [0, 0.1) is 0 Å². The van der Waals surface area contributed by atoms with E-state index in [0.29, 0.717) is 16.6 Å². The summed E-state index contributed by atoms with van der Waals surface area (Å²) in [5.74, 6) is 0.830. The first kappa shape index (κ1) is 25.1. The van der Waals surface area contributed by atoms with E-state index in [1.165, 1.54) is 7.11 Å². The van der Waals surface area contributed by atoms with Crippen LogP contribution in [0.2, 0.25) is 16.6 Å². The van der Waals surface area contributed by atoms with Gasteiger partial charge in [-0.1, -0.05) is 71.9 Å². The first-order chi connectivity index (χ1) is 15.6. The molecule has 1 heterocycles. The van der Waals surface area contributed by atoms with E-state index in [4.69, 9.17) is 13.9 Å². The Balaban J connectivity index is 1.93. The molecule has 0 unspecified atom stereocenters. The van der Waals surface area contributed by atoms with Crippen molar-refractivity contribution in [3.63, 3.8) is 0 Å². The van der Waals surface area contributed by atoms with Crippen LogP contribution in [0.5, 0.6) is 11.5 Å². The number of carbonyl (C=O) groups excluding carboxylic acids is 1. The molecule has 0 saturated heterocycles. The van der Waals surface area contributed by atoms with Gasteiger partial charge in [0.25, 0.3) is 8.32 Å². The highest BCUT2D eigenvalue weighted by molar-refractivity contribution is 6.78. The van der Waals surface area contributed by atoms with Gasteiger partial charge < -0.3 is 13.9 Å². The van der Waals surface area contributed by atoms with Gasteiger partial charge in [0.05, 0.1) is 7.11 Å². The van der Waals surface area contributed by atoms with Crippen LogP contribution < -0.4 is 9.16 Å². The van der Waals surface area contributed by atoms with E-state index in [1.807, 2.05) is 61.5 Å². The maximum absolute atomic E-state index is 12.8. The van der Waals surface area contributed by atoms with E-state index >= 15 is 0 Å². The van der Waals surface area contributed by atoms with E-state index in [-0.39, 0.29) is 5.97 Å². The first-order valence-electron chi connectivity index (χ1n) is 12.0. The van der Waals surface area contributed by atoms with Crippen molar-refractivity contribution in [2.45, 2.75) is 77.1 Å². The molecule has 2 aromatic carbocycles. The van der Waals surface area contributed by atoms with Crippen LogP contribution in [0.15, 0.2) is 48.5 Å². The summed E-state index contributed by atoms with van der Waals surface area (Å²) in [4.78, 5) is 12.8. The monoisotopic (exact) mass is 466 g/mol. The van der Waals surface area contributed by atoms with Gasteiger partial charge in [-0.25, -0.2) is 0 Å². The summed E-state index contributed by atoms with van der Waals surface area (Å²) in [5.41, 5.74) is 4.34. The van der Waals surface area contributed by atoms with E-state index in [1.54, 1.807) is 0 Å². The van der Waals surface area contributed by atoms with Gasteiger partial charge in [-0.05, 0) is 58.9 Å². The quantitative estimate of drug-likeness (QED) is 0.296. The molecule has 0 aliphatic carbocycles. The summed E-state index contributed by atoms with van der Waals surface area (Å²) in [5, 5.41) is 0. The van der Waals surface area contributed by atoms with Crippen LogP contribution in [0.4, 0.5) is 0 Å². The number of fused-ring (bicyclic) bond motifs is 1. The standard InChI is InChI=1S/C28H38O4Si/c1-9-10-21-11-16-25-24(17-21)26(28(29)30-8)27(31-25)22-12-14-23(15-13-22)32-33(18(2)3,19(4)5)20(6)7/h9-20,26-27H,1-8H3/b10-9+/t26-,27-/m0/s1. The molecular formula is C28H38O4Si. The highest BCUT2D eigenvalue weighted by atomic mass is 28.4. The Morgan fingerprint density at radius 2 is 1.58 bits per heavy atom. The molecule has 178 valence electrons. The van der Waals surface area contributed by atoms with Crippen molar-refractivity contribution in [3.8, 4) is 11.5 Å². The summed E-state index contributed by atoms with van der Waals surface area (Å²) in [6.07, 6.45) is 3.57. The number of hydrogen-bond donors (Lipinski definition) is 0. The fourth-order valence-corrected chi connectivity index (χ4v) is 10.8. The Labute approximate surface area is 200 Å². The molecule has 2 atom stereocenters. The Hall–Kier alpha value is -2.53. The zero-order valence-corrected chi connectivity index (χ0v) is 22.2. The van der Waals surface area contributed by atoms with Crippen molar-refractivity contribution >= 4 is 20.4 Å². The SMILES string of the molecule is C/C=C/c1ccc2c(c1)[C@H](C(=O)OC)[C@H](c1ccc(O[Si](C(C)C)(C(C)C)C(C)C)cc1)O2. The van der Waals surface area contributed by atoms with Crippen molar-refractivity contribution in [1.82, 2.24) is 0 Å². The lowest BCUT2D eigenvalue weighted by Crippen LogP contribution is -2.50. The number of ether oxygens (including phenoxy) is 2. The molecule has 0 saturated carbocycles. The van der Waals surface area contributed by atoms with E-state index in [2.05, 4.69) is 41.5 Å². The van der Waals surface area contributed by atoms with E-state index in [9.17, 15) is 4.79 Å². The molecule has 2 aromatic rings. The smallest absolute Gasteiger partial charge is 0.317 e. The fourth-order valence-electron chi connectivity index (χ4n) is 5.50. The predicted octanol–water partition coefficient (Wildman–Crippen LogP) is 7.66. The zero-order chi connectivity index (χ0) is 24.3. The van der Waals surface area contributed by atoms with Crippen LogP contribution in [0.3, 0.4) is 0 Å². The third-order valence-electron chi connectivity index (χ3n) is 6.95. The topological polar surface area (TPSA) is 44.8 Å². The Morgan fingerprint density at radius 1 is 0.970 bits per heavy atom. The first-order valence-corrected chi connectivity index (χ1v) is 14.1. The van der Waals surface area contributed by atoms with Gasteiger partial charge in [0.2, 0.25) is 0 Å². The Kier molecular flexibility index (Phi) is 7.73. The molecule has 0 spiro atoms. The highest BCUT2D eigenvalue weighted by Gasteiger charge is 2.47. The minimum atomic E-state index is -2.03. The molecular weight excluding hydrogens is 428 g/mol. The fraction of sp³-hybridized carbons (Fsp3) is 0.464. The van der Waals surface area contributed by atoms with Gasteiger partial charge in [0.15, 0.2) is 0 Å². The molecule has 1 aliphatic rings. The van der Waals surface area contributed by atoms with Crippen LogP contribution in [-0.2, 0) is 9.53 Å². The summed E-state index contributed by atoms with van der Waals surface area (Å²) in [7, 11) is -0.604. The minimum absolute atomic E-state index is 0.289. The van der Waals surface area contributed by atoms with Gasteiger partial charge in [-0.15, -0.1) is 0 Å². The minimum Gasteiger partial charge on any atom is -0.543 e. The lowest BCUT2D eigenvalue weighted by molar-refractivity contribution is -0.144. The largest absolute Gasteiger partial charge is 0.543 e. The Morgan fingerprint density at radius 3 is 2.09 bits per heavy atom. The molecule has 5 heteroatoms. The summed E-state index contributed by atoms with van der Waals surface area (Å²) in [6, 6.07) is 14.0. The predicted molar refractivity (Wildman–Crippen MR) is 137 cm³/mol. The lowest BCUT2D eigenvalue weighted by Gasteiger charge is -2.42. The number of allylic oxidation sites excluding steroid dienone is 1. The molecule has 0 amide bonds. The van der Waals surface area contributed by atoms with Crippen LogP contribution >= 0.6 is 0 Å². The molecule has 0 radical (unpaired) electrons. The number of carbonyl (C=O) groups is 1. The molecule has 33 heavy (non-hydrogen) atoms. The third kappa shape index (κ3) is 4.74. The van der Waals surface area contributed by atoms with Crippen LogP contribution in [0.1, 0.15) is 77.2 Å². The number of rotatable bonds is 8. The van der Waals surface area contributed by atoms with E-state index in [0.717, 1.165) is 28.2 Å². The van der Waals surface area contributed by atoms with Crippen molar-refractivity contribution < 1.29 is 18.7 Å². The van der Waals surface area contributed by atoms with Gasteiger partial charge in [0, 0.05) is 5.56 Å². The van der Waals surface area contributed by atoms with Crippen molar-refractivity contribution in [2.75, 3.05) is 7.11 Å². The molecule has 0 N–H and O–H groups in total. The lowest BCUT2D eigenvalue weighted by atomic mass is 9.90. The second-order valence-corrected chi connectivity index (χ2v) is 15.2. The number of benzene rings is 2. The molecule has 0 aromatic heterocycles. The van der Waals surface area contributed by atoms with Gasteiger partial charge in [0.1, 0.15) is 23.5 Å². The Bertz CT molecular complexity index is 970. The molecule has 1 aliphatic heterocycles. The highest BCUT2D eigenvalue weighted by Crippen LogP contribution is 2.48. The van der Waals surface area contributed by atoms with Gasteiger partial charge >= 0.3 is 5.97 Å². The normalized spacial score (nSPS) is 18.2. The second kappa shape index (κ2) is 10.2. The van der Waals surface area contributed by atoms with Crippen LogP contribution in [-0.4, -0.2) is 21.4 Å². The maximum Gasteiger partial charge on any atom is 0.317 e. The van der Waals surface area contributed by atoms with Gasteiger partial charge in [-0.3, -0.25) is 4.79 Å². The second-order valence-electron chi connectivity index (χ2n) is 9.83. The number of esters is 1. The number of hydrogen-bond acceptors (Lipinski definition) is 4. The average Bonchev–Trinajstić information content (AvgIpc) is 3.15. The third-order valence-corrected chi connectivity index (χ3v) is 13.0. The van der Waals surface area contributed by atoms with Crippen molar-refractivity contribution in [1.29, 1.82) is 0 Å². The maximum atomic E-state index is 12.8. The summed E-state index contributed by atoms with van der Waals surface area (Å²) < 4.78 is 18.2. The number of methoxy groups -OCH3 is 1. The summed E-state index contributed by atoms with van der Waals surface area (Å²) >= 11 is 0.